The van der Waals surface area contributed by atoms with Crippen molar-refractivity contribution in [2.45, 2.75) is 0 Å². The molecule has 0 atom stereocenters. The highest BCUT2D eigenvalue weighted by molar-refractivity contribution is 7.26. The molecule has 0 spiro atoms. The molecule has 0 bridgehead atoms. The van der Waals surface area contributed by atoms with Gasteiger partial charge in [0.25, 0.3) is 0 Å². The third kappa shape index (κ3) is 4.88. The van der Waals surface area contributed by atoms with Crippen LogP contribution in [0.1, 0.15) is 0 Å². The van der Waals surface area contributed by atoms with Crippen LogP contribution < -0.4 is 0 Å². The van der Waals surface area contributed by atoms with Crippen LogP contribution in [0, 0.1) is 0 Å². The lowest BCUT2D eigenvalue weighted by Gasteiger charge is -2.14. The lowest BCUT2D eigenvalue weighted by Crippen LogP contribution is -1.97. The van der Waals surface area contributed by atoms with E-state index >= 15 is 0 Å². The smallest absolute Gasteiger partial charge is 0.161 e. The maximum absolute atomic E-state index is 5.40. The second-order valence-corrected chi connectivity index (χ2v) is 14.8. The normalized spacial score (nSPS) is 11.7. The summed E-state index contributed by atoms with van der Waals surface area (Å²) in [6, 6.07) is 67.1. The molecule has 0 aliphatic carbocycles. The van der Waals surface area contributed by atoms with Gasteiger partial charge in [-0.05, 0) is 65.2 Å². The molecule has 3 aromatic heterocycles. The van der Waals surface area contributed by atoms with Gasteiger partial charge in [-0.2, -0.15) is 0 Å². The van der Waals surface area contributed by atoms with E-state index in [0.717, 1.165) is 55.9 Å². The molecule has 0 aliphatic heterocycles. The maximum atomic E-state index is 5.40. The second-order valence-electron chi connectivity index (χ2n) is 13.7. The summed E-state index contributed by atoms with van der Waals surface area (Å²) in [7, 11) is 0. The molecular formula is C50H31N3S. The van der Waals surface area contributed by atoms with Crippen LogP contribution in [0.25, 0.3) is 103 Å². The number of nitrogens with zero attached hydrogens (tertiary/aromatic N) is 3. The maximum Gasteiger partial charge on any atom is 0.161 e. The Bertz CT molecular complexity index is 3210. The predicted molar refractivity (Wildman–Crippen MR) is 229 cm³/mol. The summed E-state index contributed by atoms with van der Waals surface area (Å²) in [5, 5.41) is 6.07. The van der Waals surface area contributed by atoms with Gasteiger partial charge < -0.3 is 4.57 Å². The minimum atomic E-state index is 0.720. The number of benzene rings is 8. The number of para-hydroxylation sites is 2. The fraction of sp³-hybridized carbons (Fsp3) is 0. The lowest BCUT2D eigenvalue weighted by molar-refractivity contribution is 1.18. The molecule has 0 radical (unpaired) electrons. The first-order valence-electron chi connectivity index (χ1n) is 18.2. The molecule has 0 aliphatic rings. The molecule has 4 heteroatoms. The Morgan fingerprint density at radius 3 is 1.87 bits per heavy atom. The Balaban J connectivity index is 1.09. The first-order valence-corrected chi connectivity index (χ1v) is 19.1. The molecule has 0 fully saturated rings. The van der Waals surface area contributed by atoms with E-state index in [1.807, 2.05) is 11.3 Å². The van der Waals surface area contributed by atoms with Crippen molar-refractivity contribution in [2.24, 2.45) is 0 Å². The van der Waals surface area contributed by atoms with Crippen molar-refractivity contribution in [3.8, 4) is 50.6 Å². The van der Waals surface area contributed by atoms with Gasteiger partial charge in [0.2, 0.25) is 0 Å². The second kappa shape index (κ2) is 12.4. The predicted octanol–water partition coefficient (Wildman–Crippen LogP) is 13.8. The number of hydrogen-bond donors (Lipinski definition) is 0. The van der Waals surface area contributed by atoms with E-state index in [1.165, 1.54) is 47.5 Å². The standard InChI is InChI=1S/C50H31N3S/c1-3-14-32(15-4-1)48-43-31-33(34-27-29-46-42(30-34)37-19-9-11-24-45(37)53(46)35-16-5-2-6-17-35)26-28-44(43)51-50(52-48)41-21-8-7-18-36(41)39-22-13-23-40-38-20-10-12-25-47(38)54-49(39)40/h1-31H. The van der Waals surface area contributed by atoms with Crippen molar-refractivity contribution < 1.29 is 0 Å². The average molecular weight is 706 g/mol. The molecule has 0 N–H and O–H groups in total. The zero-order valence-corrected chi connectivity index (χ0v) is 30.0. The van der Waals surface area contributed by atoms with Gasteiger partial charge in [0.05, 0.1) is 22.2 Å². The molecule has 0 saturated carbocycles. The van der Waals surface area contributed by atoms with Crippen molar-refractivity contribution in [3.05, 3.63) is 188 Å². The van der Waals surface area contributed by atoms with Crippen LogP contribution in [0.5, 0.6) is 0 Å². The van der Waals surface area contributed by atoms with Crippen molar-refractivity contribution in [2.75, 3.05) is 0 Å². The molecule has 0 saturated heterocycles. The third-order valence-corrected chi connectivity index (χ3v) is 11.8. The monoisotopic (exact) mass is 705 g/mol. The number of hydrogen-bond acceptors (Lipinski definition) is 3. The number of rotatable bonds is 5. The van der Waals surface area contributed by atoms with Crippen LogP contribution in [-0.4, -0.2) is 14.5 Å². The molecule has 3 heterocycles. The van der Waals surface area contributed by atoms with E-state index < -0.39 is 0 Å². The highest BCUT2D eigenvalue weighted by Gasteiger charge is 2.19. The van der Waals surface area contributed by atoms with Gasteiger partial charge in [0.1, 0.15) is 0 Å². The molecule has 8 aromatic carbocycles. The van der Waals surface area contributed by atoms with Crippen LogP contribution >= 0.6 is 11.3 Å². The molecule has 3 nitrogen and oxygen atoms in total. The van der Waals surface area contributed by atoms with Crippen LogP contribution in [0.15, 0.2) is 188 Å². The summed E-state index contributed by atoms with van der Waals surface area (Å²) in [4.78, 5) is 10.7. The number of aromatic nitrogens is 3. The Kier molecular flexibility index (Phi) is 7.04. The summed E-state index contributed by atoms with van der Waals surface area (Å²) in [5.74, 6) is 0.720. The molecule has 11 rings (SSSR count). The summed E-state index contributed by atoms with van der Waals surface area (Å²) >= 11 is 1.85. The molecule has 0 unspecified atom stereocenters. The molecule has 0 amide bonds. The van der Waals surface area contributed by atoms with E-state index in [1.54, 1.807) is 0 Å². The first kappa shape index (κ1) is 30.7. The zero-order chi connectivity index (χ0) is 35.6. The van der Waals surface area contributed by atoms with Crippen LogP contribution in [0.4, 0.5) is 0 Å². The van der Waals surface area contributed by atoms with Gasteiger partial charge in [-0.1, -0.05) is 140 Å². The molecule has 54 heavy (non-hydrogen) atoms. The number of thiophene rings is 1. The van der Waals surface area contributed by atoms with E-state index in [4.69, 9.17) is 9.97 Å². The van der Waals surface area contributed by atoms with E-state index in [9.17, 15) is 0 Å². The molecule has 252 valence electrons. The summed E-state index contributed by atoms with van der Waals surface area (Å²) in [5.41, 5.74) is 12.1. The van der Waals surface area contributed by atoms with Gasteiger partial charge in [-0.15, -0.1) is 11.3 Å². The number of fused-ring (bicyclic) bond motifs is 7. The average Bonchev–Trinajstić information content (AvgIpc) is 3.79. The molecular weight excluding hydrogens is 675 g/mol. The zero-order valence-electron chi connectivity index (χ0n) is 29.1. The molecule has 11 aromatic rings. The van der Waals surface area contributed by atoms with Crippen molar-refractivity contribution in [3.63, 3.8) is 0 Å². The Labute approximate surface area is 316 Å². The fourth-order valence-electron chi connectivity index (χ4n) is 8.12. The SMILES string of the molecule is c1ccc(-c2nc(-c3ccccc3-c3cccc4c3sc3ccccc34)nc3ccc(-c4ccc5c(c4)c4ccccc4n5-c4ccccc4)cc23)cc1. The Hall–Kier alpha value is -6.88. The fourth-order valence-corrected chi connectivity index (χ4v) is 9.35. The van der Waals surface area contributed by atoms with E-state index in [2.05, 4.69) is 193 Å². The van der Waals surface area contributed by atoms with Crippen molar-refractivity contribution in [1.82, 2.24) is 14.5 Å². The van der Waals surface area contributed by atoms with E-state index in [-0.39, 0.29) is 0 Å². The third-order valence-electron chi connectivity index (χ3n) is 10.6. The van der Waals surface area contributed by atoms with Gasteiger partial charge in [-0.25, -0.2) is 9.97 Å². The Morgan fingerprint density at radius 1 is 0.389 bits per heavy atom. The Morgan fingerprint density at radius 2 is 1.02 bits per heavy atom. The summed E-state index contributed by atoms with van der Waals surface area (Å²) in [6.45, 7) is 0. The summed E-state index contributed by atoms with van der Waals surface area (Å²) in [6.07, 6.45) is 0. The van der Waals surface area contributed by atoms with Crippen LogP contribution in [0.3, 0.4) is 0 Å². The first-order chi connectivity index (χ1) is 26.8. The largest absolute Gasteiger partial charge is 0.309 e. The van der Waals surface area contributed by atoms with Crippen molar-refractivity contribution in [1.29, 1.82) is 0 Å². The minimum Gasteiger partial charge on any atom is -0.309 e. The highest BCUT2D eigenvalue weighted by Crippen LogP contribution is 2.43. The van der Waals surface area contributed by atoms with Crippen LogP contribution in [-0.2, 0) is 0 Å². The topological polar surface area (TPSA) is 30.7 Å². The van der Waals surface area contributed by atoms with Crippen LogP contribution in [0.2, 0.25) is 0 Å². The van der Waals surface area contributed by atoms with Gasteiger partial charge in [0.15, 0.2) is 5.82 Å². The quantitative estimate of drug-likeness (QED) is 0.178. The lowest BCUT2D eigenvalue weighted by atomic mass is 9.96. The van der Waals surface area contributed by atoms with Gasteiger partial charge in [-0.3, -0.25) is 0 Å². The van der Waals surface area contributed by atoms with E-state index in [0.29, 0.717) is 0 Å². The minimum absolute atomic E-state index is 0.720. The highest BCUT2D eigenvalue weighted by atomic mass is 32.1. The van der Waals surface area contributed by atoms with Gasteiger partial charge >= 0.3 is 0 Å². The van der Waals surface area contributed by atoms with Gasteiger partial charge in [0, 0.05) is 58.7 Å². The summed E-state index contributed by atoms with van der Waals surface area (Å²) < 4.78 is 4.93. The van der Waals surface area contributed by atoms with Crippen molar-refractivity contribution >= 4 is 64.2 Å².